The molecule has 6 heteroatoms. The molecule has 6 atom stereocenters. The largest absolute Gasteiger partial charge is 0.493 e. The van der Waals surface area contributed by atoms with E-state index in [0.29, 0.717) is 11.8 Å². The highest BCUT2D eigenvalue weighted by Gasteiger charge is 2.79. The summed E-state index contributed by atoms with van der Waals surface area (Å²) in [4.78, 5) is 2.52. The Bertz CT molecular complexity index is 974. The van der Waals surface area contributed by atoms with Crippen molar-refractivity contribution in [2.75, 3.05) is 27.8 Å². The highest BCUT2D eigenvalue weighted by molar-refractivity contribution is 5.87. The zero-order chi connectivity index (χ0) is 20.2. The van der Waals surface area contributed by atoms with E-state index in [2.05, 4.69) is 35.3 Å². The van der Waals surface area contributed by atoms with Crippen LogP contribution in [0.2, 0.25) is 0 Å². The SMILES string of the molecule is COc1ccc2c3c1O[C@H]1[C@@]4(OC)C=C[C@@]5(C[C@@H]4C(C)=NO)[C@H](C2)N(C)CC[C@]315. The van der Waals surface area contributed by atoms with Crippen molar-refractivity contribution in [2.45, 2.75) is 49.3 Å². The smallest absolute Gasteiger partial charge is 0.166 e. The van der Waals surface area contributed by atoms with Crippen molar-refractivity contribution >= 4 is 5.71 Å². The van der Waals surface area contributed by atoms with E-state index in [-0.39, 0.29) is 22.9 Å². The molecule has 4 aliphatic carbocycles. The Kier molecular flexibility index (Phi) is 3.28. The van der Waals surface area contributed by atoms with Gasteiger partial charge in [0.2, 0.25) is 0 Å². The first-order valence-electron chi connectivity index (χ1n) is 10.5. The van der Waals surface area contributed by atoms with Crippen molar-refractivity contribution in [3.8, 4) is 11.5 Å². The van der Waals surface area contributed by atoms with Gasteiger partial charge in [0.05, 0.1) is 18.2 Å². The summed E-state index contributed by atoms with van der Waals surface area (Å²) in [6.45, 7) is 2.94. The van der Waals surface area contributed by atoms with Crippen molar-refractivity contribution < 1.29 is 19.4 Å². The first kappa shape index (κ1) is 17.8. The van der Waals surface area contributed by atoms with E-state index in [0.717, 1.165) is 37.3 Å². The summed E-state index contributed by atoms with van der Waals surface area (Å²) in [5.41, 5.74) is 2.56. The van der Waals surface area contributed by atoms with E-state index < -0.39 is 5.60 Å². The van der Waals surface area contributed by atoms with E-state index in [1.54, 1.807) is 14.2 Å². The lowest BCUT2D eigenvalue weighted by Gasteiger charge is -2.71. The molecule has 29 heavy (non-hydrogen) atoms. The van der Waals surface area contributed by atoms with Crippen LogP contribution >= 0.6 is 0 Å². The Labute approximate surface area is 171 Å². The average Bonchev–Trinajstić information content (AvgIpc) is 3.12. The van der Waals surface area contributed by atoms with E-state index >= 15 is 0 Å². The van der Waals surface area contributed by atoms with Crippen LogP contribution in [-0.2, 0) is 16.6 Å². The Morgan fingerprint density at radius 2 is 2.14 bits per heavy atom. The topological polar surface area (TPSA) is 63.5 Å². The summed E-state index contributed by atoms with van der Waals surface area (Å²) < 4.78 is 18.8. The number of hydrogen-bond acceptors (Lipinski definition) is 6. The molecular formula is C23H28N2O4. The molecule has 2 aliphatic heterocycles. The second-order valence-corrected chi connectivity index (χ2v) is 9.48. The molecule has 1 N–H and O–H groups in total. The van der Waals surface area contributed by atoms with E-state index in [1.807, 2.05) is 13.0 Å². The minimum absolute atomic E-state index is 0.0310. The Morgan fingerprint density at radius 3 is 2.86 bits per heavy atom. The quantitative estimate of drug-likeness (QED) is 0.368. The van der Waals surface area contributed by atoms with E-state index in [4.69, 9.17) is 14.2 Å². The summed E-state index contributed by atoms with van der Waals surface area (Å²) >= 11 is 0. The lowest BCUT2D eigenvalue weighted by molar-refractivity contribution is -0.201. The zero-order valence-electron chi connectivity index (χ0n) is 17.4. The third-order valence-electron chi connectivity index (χ3n) is 8.94. The maximum absolute atomic E-state index is 9.68. The van der Waals surface area contributed by atoms with Crippen molar-refractivity contribution in [1.82, 2.24) is 4.90 Å². The molecule has 1 aromatic rings. The average molecular weight is 396 g/mol. The number of nitrogens with zero attached hydrogens (tertiary/aromatic N) is 2. The number of piperidine rings is 1. The fraction of sp³-hybridized carbons (Fsp3) is 0.609. The molecule has 4 bridgehead atoms. The van der Waals surface area contributed by atoms with Crippen LogP contribution in [0.15, 0.2) is 29.4 Å². The van der Waals surface area contributed by atoms with Crippen molar-refractivity contribution in [2.24, 2.45) is 16.5 Å². The highest BCUT2D eigenvalue weighted by atomic mass is 16.6. The molecule has 0 radical (unpaired) electrons. The summed E-state index contributed by atoms with van der Waals surface area (Å²) in [5.74, 6) is 1.66. The Morgan fingerprint density at radius 1 is 1.31 bits per heavy atom. The molecule has 1 aromatic carbocycles. The number of ether oxygens (including phenoxy) is 3. The van der Waals surface area contributed by atoms with Gasteiger partial charge in [-0.3, -0.25) is 0 Å². The minimum atomic E-state index is -0.656. The van der Waals surface area contributed by atoms with Gasteiger partial charge >= 0.3 is 0 Å². The molecule has 154 valence electrons. The van der Waals surface area contributed by atoms with Crippen LogP contribution in [0.3, 0.4) is 0 Å². The van der Waals surface area contributed by atoms with Crippen LogP contribution in [0.25, 0.3) is 0 Å². The number of oxime groups is 1. The molecule has 1 saturated carbocycles. The first-order chi connectivity index (χ1) is 14.0. The lowest BCUT2D eigenvalue weighted by Crippen LogP contribution is -2.79. The van der Waals surface area contributed by atoms with Crippen molar-refractivity contribution in [1.29, 1.82) is 0 Å². The minimum Gasteiger partial charge on any atom is -0.493 e. The van der Waals surface area contributed by atoms with Gasteiger partial charge in [-0.25, -0.2) is 0 Å². The summed E-state index contributed by atoms with van der Waals surface area (Å²) in [7, 11) is 5.72. The number of fused-ring (bicyclic) bond motifs is 1. The third kappa shape index (κ3) is 1.65. The zero-order valence-corrected chi connectivity index (χ0v) is 17.4. The van der Waals surface area contributed by atoms with Gasteiger partial charge in [-0.05, 0) is 51.4 Å². The monoisotopic (exact) mass is 396 g/mol. The molecule has 1 saturated heterocycles. The van der Waals surface area contributed by atoms with Crippen LogP contribution in [0.5, 0.6) is 11.5 Å². The number of likely N-dealkylation sites (N-methyl/N-ethyl adjacent to an activating group) is 1. The summed E-state index contributed by atoms with van der Waals surface area (Å²) in [6.07, 6.45) is 7.39. The normalized spacial score (nSPS) is 43.9. The van der Waals surface area contributed by atoms with Gasteiger partial charge in [-0.15, -0.1) is 0 Å². The number of rotatable bonds is 3. The summed E-state index contributed by atoms with van der Waals surface area (Å²) in [5, 5.41) is 13.3. The fourth-order valence-electron chi connectivity index (χ4n) is 7.75. The molecule has 2 spiro atoms. The third-order valence-corrected chi connectivity index (χ3v) is 8.94. The number of likely N-dealkylation sites (tertiary alicyclic amines) is 1. The molecule has 2 heterocycles. The van der Waals surface area contributed by atoms with E-state index in [1.165, 1.54) is 11.1 Å². The fourth-order valence-corrected chi connectivity index (χ4v) is 7.75. The molecule has 6 aliphatic rings. The van der Waals surface area contributed by atoms with Crippen LogP contribution in [0.4, 0.5) is 0 Å². The number of methoxy groups -OCH3 is 2. The van der Waals surface area contributed by atoms with Crippen LogP contribution in [0, 0.1) is 11.3 Å². The molecule has 6 nitrogen and oxygen atoms in total. The van der Waals surface area contributed by atoms with Crippen LogP contribution < -0.4 is 9.47 Å². The van der Waals surface area contributed by atoms with Gasteiger partial charge < -0.3 is 24.3 Å². The van der Waals surface area contributed by atoms with Crippen LogP contribution in [0.1, 0.15) is 30.9 Å². The maximum Gasteiger partial charge on any atom is 0.166 e. The van der Waals surface area contributed by atoms with E-state index in [9.17, 15) is 5.21 Å². The van der Waals surface area contributed by atoms with Crippen LogP contribution in [-0.4, -0.2) is 61.4 Å². The Balaban J connectivity index is 1.70. The van der Waals surface area contributed by atoms with Crippen molar-refractivity contribution in [3.63, 3.8) is 0 Å². The van der Waals surface area contributed by atoms with Gasteiger partial charge in [0.1, 0.15) is 11.7 Å². The highest BCUT2D eigenvalue weighted by Crippen LogP contribution is 2.74. The molecule has 0 aromatic heterocycles. The molecular weight excluding hydrogens is 368 g/mol. The second kappa shape index (κ2) is 5.35. The predicted octanol–water partition coefficient (Wildman–Crippen LogP) is 2.77. The van der Waals surface area contributed by atoms with Gasteiger partial charge in [0.15, 0.2) is 11.5 Å². The molecule has 0 amide bonds. The lowest BCUT2D eigenvalue weighted by atomic mass is 9.37. The second-order valence-electron chi connectivity index (χ2n) is 9.48. The first-order valence-corrected chi connectivity index (χ1v) is 10.5. The predicted molar refractivity (Wildman–Crippen MR) is 108 cm³/mol. The molecule has 0 unspecified atom stereocenters. The maximum atomic E-state index is 9.68. The number of benzene rings is 1. The van der Waals surface area contributed by atoms with Gasteiger partial charge in [-0.1, -0.05) is 23.4 Å². The van der Waals surface area contributed by atoms with Crippen molar-refractivity contribution in [3.05, 3.63) is 35.4 Å². The standard InChI is InChI=1S/C23H28N2O4/c1-13(24-26)15-12-21-7-8-23(15,28-4)20-22(21)9-10-25(2)17(21)11-14-5-6-16(27-3)19(29-20)18(14)22/h5-8,15,17,20,26H,9-12H2,1-4H3/t15-,17+,20-,21-,22+,23-/m1/s1. The Hall–Kier alpha value is -2.05. The van der Waals surface area contributed by atoms with Gasteiger partial charge in [0, 0.05) is 30.0 Å². The number of hydrogen-bond donors (Lipinski definition) is 1. The molecule has 2 fully saturated rings. The van der Waals surface area contributed by atoms with Gasteiger partial charge in [0.25, 0.3) is 0 Å². The molecule has 7 rings (SSSR count). The van der Waals surface area contributed by atoms with Gasteiger partial charge in [-0.2, -0.15) is 0 Å². The summed E-state index contributed by atoms with van der Waals surface area (Å²) in [6, 6.07) is 4.66.